The summed E-state index contributed by atoms with van der Waals surface area (Å²) in [6.07, 6.45) is 2.81. The molecule has 3 rings (SSSR count). The Bertz CT molecular complexity index is 1030. The lowest BCUT2D eigenvalue weighted by molar-refractivity contribution is 0.587. The third-order valence-corrected chi connectivity index (χ3v) is 6.27. The fourth-order valence-corrected chi connectivity index (χ4v) is 4.56. The Kier molecular flexibility index (Phi) is 4.73. The number of aromatic nitrogens is 1. The summed E-state index contributed by atoms with van der Waals surface area (Å²) >= 11 is -1.32. The van der Waals surface area contributed by atoms with E-state index in [9.17, 15) is 17.4 Å². The minimum atomic E-state index is -3.99. The summed E-state index contributed by atoms with van der Waals surface area (Å²) in [4.78, 5) is 0.379. The molecule has 1 atom stereocenters. The molecule has 1 radical (unpaired) electrons. The molecule has 129 valence electrons. The first-order valence-corrected chi connectivity index (χ1v) is 10.3. The summed E-state index contributed by atoms with van der Waals surface area (Å²) in [5, 5.41) is 0. The van der Waals surface area contributed by atoms with Crippen LogP contribution in [0.5, 0.6) is 0 Å². The molecule has 0 saturated heterocycles. The molecule has 0 aliphatic heterocycles. The number of benzene rings is 2. The molecule has 0 saturated carbocycles. The minimum Gasteiger partial charge on any atom is -0.612 e. The molecule has 4 nitrogen and oxygen atoms in total. The summed E-state index contributed by atoms with van der Waals surface area (Å²) in [5.74, 6) is -0.527. The van der Waals surface area contributed by atoms with E-state index in [2.05, 4.69) is 6.92 Å². The van der Waals surface area contributed by atoms with Gasteiger partial charge in [-0.2, -0.15) is 0 Å². The van der Waals surface area contributed by atoms with Crippen molar-refractivity contribution >= 4 is 21.2 Å². The van der Waals surface area contributed by atoms with Gasteiger partial charge in [-0.3, -0.25) is 0 Å². The van der Waals surface area contributed by atoms with Crippen LogP contribution in [0.1, 0.15) is 5.56 Å². The molecule has 0 spiro atoms. The van der Waals surface area contributed by atoms with Crippen molar-refractivity contribution in [3.8, 4) is 11.3 Å². The molecule has 1 unspecified atom stereocenters. The van der Waals surface area contributed by atoms with Crippen LogP contribution in [0, 0.1) is 12.7 Å². The zero-order valence-corrected chi connectivity index (χ0v) is 15.0. The maximum absolute atomic E-state index is 14.2. The van der Waals surface area contributed by atoms with Crippen LogP contribution >= 0.6 is 0 Å². The zero-order valence-electron chi connectivity index (χ0n) is 13.3. The van der Waals surface area contributed by atoms with Crippen molar-refractivity contribution in [2.75, 3.05) is 6.26 Å². The Morgan fingerprint density at radius 2 is 1.84 bits per heavy atom. The number of rotatable bonds is 4. The Morgan fingerprint density at radius 1 is 1.12 bits per heavy atom. The second-order valence-electron chi connectivity index (χ2n) is 5.44. The molecule has 0 bridgehead atoms. The van der Waals surface area contributed by atoms with Crippen LogP contribution < -0.4 is 0 Å². The predicted octanol–water partition coefficient (Wildman–Crippen LogP) is 3.45. The van der Waals surface area contributed by atoms with Crippen molar-refractivity contribution < 1.29 is 17.4 Å². The lowest BCUT2D eigenvalue weighted by Crippen LogP contribution is -2.14. The molecule has 0 aliphatic rings. The smallest absolute Gasteiger partial charge is 0.268 e. The second kappa shape index (κ2) is 6.67. The van der Waals surface area contributed by atoms with Gasteiger partial charge in [-0.1, -0.05) is 18.2 Å². The standard InChI is InChI=1S/C18H15FNO3S2/c1-13-10-18(16-8-3-4-9-17(16)19)20(12-13)25(22,23)15-7-5-6-14(11-15)24(2)21/h3-12H,1H2,2H3. The predicted molar refractivity (Wildman–Crippen MR) is 95.6 cm³/mol. The summed E-state index contributed by atoms with van der Waals surface area (Å²) in [7, 11) is -3.99. The monoisotopic (exact) mass is 376 g/mol. The van der Waals surface area contributed by atoms with E-state index in [-0.39, 0.29) is 16.2 Å². The zero-order chi connectivity index (χ0) is 18.2. The Hall–Kier alpha value is -2.09. The molecule has 1 heterocycles. The molecule has 3 aromatic rings. The first kappa shape index (κ1) is 17.7. The van der Waals surface area contributed by atoms with Crippen LogP contribution in [0.2, 0.25) is 0 Å². The molecule has 0 aliphatic carbocycles. The van der Waals surface area contributed by atoms with Gasteiger partial charge < -0.3 is 4.55 Å². The summed E-state index contributed by atoms with van der Waals surface area (Å²) in [5.41, 5.74) is 0.791. The summed E-state index contributed by atoms with van der Waals surface area (Å²) < 4.78 is 52.9. The van der Waals surface area contributed by atoms with Crippen LogP contribution in [0.4, 0.5) is 4.39 Å². The fourth-order valence-electron chi connectivity index (χ4n) is 2.49. The molecule has 25 heavy (non-hydrogen) atoms. The summed E-state index contributed by atoms with van der Waals surface area (Å²) in [6.45, 7) is 3.75. The van der Waals surface area contributed by atoms with Gasteiger partial charge in [-0.05, 0) is 54.0 Å². The molecule has 2 aromatic carbocycles. The van der Waals surface area contributed by atoms with E-state index in [0.29, 0.717) is 10.5 Å². The average molecular weight is 376 g/mol. The van der Waals surface area contributed by atoms with E-state index in [1.54, 1.807) is 12.1 Å². The van der Waals surface area contributed by atoms with E-state index in [1.807, 2.05) is 0 Å². The first-order chi connectivity index (χ1) is 11.8. The van der Waals surface area contributed by atoms with Gasteiger partial charge in [0.25, 0.3) is 10.0 Å². The van der Waals surface area contributed by atoms with Crippen molar-refractivity contribution in [3.63, 3.8) is 0 Å². The Morgan fingerprint density at radius 3 is 2.52 bits per heavy atom. The normalized spacial score (nSPS) is 13.0. The lowest BCUT2D eigenvalue weighted by Gasteiger charge is -2.12. The number of halogens is 1. The molecule has 1 aromatic heterocycles. The highest BCUT2D eigenvalue weighted by Crippen LogP contribution is 2.29. The molecule has 0 fully saturated rings. The van der Waals surface area contributed by atoms with Gasteiger partial charge in [0.05, 0.1) is 10.6 Å². The van der Waals surface area contributed by atoms with Crippen molar-refractivity contribution in [2.45, 2.75) is 9.79 Å². The Labute approximate surface area is 149 Å². The highest BCUT2D eigenvalue weighted by atomic mass is 32.2. The number of hydrogen-bond donors (Lipinski definition) is 0. The second-order valence-corrected chi connectivity index (χ2v) is 8.64. The van der Waals surface area contributed by atoms with Gasteiger partial charge in [0.1, 0.15) is 12.1 Å². The maximum Gasteiger partial charge on any atom is 0.268 e. The number of nitrogens with zero attached hydrogens (tertiary/aromatic N) is 1. The third kappa shape index (κ3) is 3.35. The molecule has 0 amide bonds. The van der Waals surface area contributed by atoms with E-state index < -0.39 is 27.0 Å². The van der Waals surface area contributed by atoms with Gasteiger partial charge >= 0.3 is 0 Å². The largest absolute Gasteiger partial charge is 0.612 e. The molecule has 0 N–H and O–H groups in total. The van der Waals surface area contributed by atoms with Gasteiger partial charge in [0.2, 0.25) is 0 Å². The lowest BCUT2D eigenvalue weighted by atomic mass is 10.1. The van der Waals surface area contributed by atoms with E-state index in [4.69, 9.17) is 0 Å². The number of hydrogen-bond acceptors (Lipinski definition) is 3. The van der Waals surface area contributed by atoms with Crippen LogP contribution in [-0.2, 0) is 21.2 Å². The van der Waals surface area contributed by atoms with Crippen LogP contribution in [-0.4, -0.2) is 23.2 Å². The van der Waals surface area contributed by atoms with Gasteiger partial charge in [0.15, 0.2) is 4.90 Å². The SMILES string of the molecule is [CH2]c1cc(-c2ccccc2F)n(S(=O)(=O)c2cccc([S+](C)[O-])c2)c1. The minimum absolute atomic E-state index is 0.0200. The van der Waals surface area contributed by atoms with Gasteiger partial charge in [0, 0.05) is 17.8 Å². The molecule has 7 heteroatoms. The molecular weight excluding hydrogens is 361 g/mol. The first-order valence-electron chi connectivity index (χ1n) is 7.29. The van der Waals surface area contributed by atoms with Crippen LogP contribution in [0.3, 0.4) is 0 Å². The van der Waals surface area contributed by atoms with Crippen molar-refractivity contribution in [1.82, 2.24) is 3.97 Å². The van der Waals surface area contributed by atoms with E-state index in [0.717, 1.165) is 3.97 Å². The van der Waals surface area contributed by atoms with Gasteiger partial charge in [-0.15, -0.1) is 0 Å². The van der Waals surface area contributed by atoms with Crippen molar-refractivity contribution in [2.24, 2.45) is 0 Å². The topological polar surface area (TPSA) is 62.1 Å². The van der Waals surface area contributed by atoms with Crippen LogP contribution in [0.25, 0.3) is 11.3 Å². The highest BCUT2D eigenvalue weighted by molar-refractivity contribution is 7.91. The van der Waals surface area contributed by atoms with Gasteiger partial charge in [-0.25, -0.2) is 16.8 Å². The average Bonchev–Trinajstić information content (AvgIpc) is 2.98. The maximum atomic E-state index is 14.2. The molecular formula is C18H15FNO3S2. The van der Waals surface area contributed by atoms with Crippen molar-refractivity contribution in [1.29, 1.82) is 0 Å². The van der Waals surface area contributed by atoms with E-state index >= 15 is 0 Å². The third-order valence-electron chi connectivity index (χ3n) is 3.69. The fraction of sp³-hybridized carbons (Fsp3) is 0.0556. The van der Waals surface area contributed by atoms with Crippen LogP contribution in [0.15, 0.2) is 70.6 Å². The quantitative estimate of drug-likeness (QED) is 0.655. The Balaban J connectivity index is 2.20. The highest BCUT2D eigenvalue weighted by Gasteiger charge is 2.23. The van der Waals surface area contributed by atoms with Crippen molar-refractivity contribution in [3.05, 3.63) is 79.1 Å². The van der Waals surface area contributed by atoms with E-state index in [1.165, 1.54) is 54.9 Å². The summed E-state index contributed by atoms with van der Waals surface area (Å²) in [6, 6.07) is 13.3.